The maximum Gasteiger partial charge on any atom is 0.328 e. The third-order valence-corrected chi connectivity index (χ3v) is 3.53. The van der Waals surface area contributed by atoms with Crippen LogP contribution in [0.1, 0.15) is 22.6 Å². The van der Waals surface area contributed by atoms with Crippen molar-refractivity contribution in [3.8, 4) is 11.9 Å². The quantitative estimate of drug-likeness (QED) is 0.710. The lowest BCUT2D eigenvalue weighted by Gasteiger charge is -2.24. The number of nitrogens with zero attached hydrogens (tertiary/aromatic N) is 1. The molecule has 1 aromatic carbocycles. The second-order valence-corrected chi connectivity index (χ2v) is 4.99. The Labute approximate surface area is 124 Å². The van der Waals surface area contributed by atoms with E-state index in [1.165, 1.54) is 0 Å². The summed E-state index contributed by atoms with van der Waals surface area (Å²) in [6.45, 7) is 1.93. The molecule has 1 aliphatic heterocycles. The fraction of sp³-hybridized carbons (Fsp3) is 0.133. The number of nitriles is 1. The smallest absolute Gasteiger partial charge is 0.328 e. The molecule has 7 nitrogen and oxygen atoms in total. The van der Waals surface area contributed by atoms with Crippen LogP contribution in [0.2, 0.25) is 0 Å². The van der Waals surface area contributed by atoms with Crippen molar-refractivity contribution in [2.75, 3.05) is 0 Å². The summed E-state index contributed by atoms with van der Waals surface area (Å²) in [7, 11) is 0. The van der Waals surface area contributed by atoms with Crippen LogP contribution in [0, 0.1) is 18.3 Å². The van der Waals surface area contributed by atoms with Gasteiger partial charge in [-0.1, -0.05) is 29.8 Å². The van der Waals surface area contributed by atoms with Crippen molar-refractivity contribution < 1.29 is 4.74 Å². The molecule has 4 N–H and O–H groups in total. The van der Waals surface area contributed by atoms with E-state index >= 15 is 0 Å². The maximum absolute atomic E-state index is 12.2. The minimum atomic E-state index is -0.695. The number of hydrogen-bond donors (Lipinski definition) is 3. The lowest BCUT2D eigenvalue weighted by Crippen LogP contribution is -2.33. The summed E-state index contributed by atoms with van der Waals surface area (Å²) >= 11 is 0. The second-order valence-electron chi connectivity index (χ2n) is 4.99. The summed E-state index contributed by atoms with van der Waals surface area (Å²) < 4.78 is 5.23. The van der Waals surface area contributed by atoms with Gasteiger partial charge in [-0.3, -0.25) is 14.8 Å². The van der Waals surface area contributed by atoms with Crippen molar-refractivity contribution in [2.24, 2.45) is 5.73 Å². The molecule has 0 fully saturated rings. The largest absolute Gasteiger partial charge is 0.424 e. The molecule has 0 saturated heterocycles. The number of nitrogens with one attached hydrogen (secondary N) is 2. The van der Waals surface area contributed by atoms with Crippen LogP contribution in [0.5, 0.6) is 5.88 Å². The molecule has 0 bridgehead atoms. The van der Waals surface area contributed by atoms with Crippen molar-refractivity contribution in [2.45, 2.75) is 12.8 Å². The predicted octanol–water partition coefficient (Wildman–Crippen LogP) is 0.590. The Bertz CT molecular complexity index is 929. The molecule has 3 rings (SSSR count). The maximum atomic E-state index is 12.2. The van der Waals surface area contributed by atoms with E-state index in [9.17, 15) is 14.9 Å². The van der Waals surface area contributed by atoms with Crippen LogP contribution < -0.4 is 21.7 Å². The first-order chi connectivity index (χ1) is 10.5. The zero-order chi connectivity index (χ0) is 15.9. The zero-order valence-corrected chi connectivity index (χ0v) is 11.6. The van der Waals surface area contributed by atoms with E-state index in [1.54, 1.807) is 0 Å². The Morgan fingerprint density at radius 3 is 2.55 bits per heavy atom. The fourth-order valence-corrected chi connectivity index (χ4v) is 2.48. The van der Waals surface area contributed by atoms with Crippen molar-refractivity contribution in [1.29, 1.82) is 5.26 Å². The van der Waals surface area contributed by atoms with Crippen molar-refractivity contribution in [3.63, 3.8) is 0 Å². The summed E-state index contributed by atoms with van der Waals surface area (Å²) in [4.78, 5) is 28.1. The summed E-state index contributed by atoms with van der Waals surface area (Å²) in [5, 5.41) is 9.37. The van der Waals surface area contributed by atoms with Gasteiger partial charge >= 0.3 is 5.69 Å². The fourth-order valence-electron chi connectivity index (χ4n) is 2.48. The minimum absolute atomic E-state index is 0.0316. The average Bonchev–Trinajstić information content (AvgIpc) is 2.46. The number of fused-ring (bicyclic) bond motifs is 1. The minimum Gasteiger partial charge on any atom is -0.424 e. The van der Waals surface area contributed by atoms with E-state index in [2.05, 4.69) is 9.97 Å². The Balaban J connectivity index is 2.32. The lowest BCUT2D eigenvalue weighted by atomic mass is 9.85. The number of aryl methyl sites for hydroxylation is 1. The molecule has 0 spiro atoms. The molecule has 1 aliphatic rings. The topological polar surface area (TPSA) is 125 Å². The van der Waals surface area contributed by atoms with Gasteiger partial charge in [0.25, 0.3) is 5.56 Å². The second kappa shape index (κ2) is 4.93. The molecule has 2 aromatic rings. The number of benzene rings is 1. The third-order valence-electron chi connectivity index (χ3n) is 3.53. The average molecular weight is 296 g/mol. The third kappa shape index (κ3) is 2.07. The molecule has 7 heteroatoms. The van der Waals surface area contributed by atoms with Crippen LogP contribution in [0.3, 0.4) is 0 Å². The first-order valence-electron chi connectivity index (χ1n) is 6.52. The van der Waals surface area contributed by atoms with Gasteiger partial charge in [-0.15, -0.1) is 0 Å². The van der Waals surface area contributed by atoms with Crippen LogP contribution in [0.25, 0.3) is 0 Å². The molecule has 110 valence electrons. The van der Waals surface area contributed by atoms with Crippen LogP contribution in [0.15, 0.2) is 45.3 Å². The van der Waals surface area contributed by atoms with E-state index in [0.717, 1.165) is 5.56 Å². The highest BCUT2D eigenvalue weighted by atomic mass is 16.5. The summed E-state index contributed by atoms with van der Waals surface area (Å²) in [6, 6.07) is 9.35. The van der Waals surface area contributed by atoms with Gasteiger partial charge in [0, 0.05) is 0 Å². The molecular weight excluding hydrogens is 284 g/mol. The standard InChI is InChI=1S/C15H12N4O3/c1-7-2-4-8(5-3-7)10-9(6-16)12(17)22-14-11(10)13(20)18-15(21)19-14/h2-5,10H,17H2,1H3,(H2,18,19,20,21)/t10-/m1/s1. The van der Waals surface area contributed by atoms with Gasteiger partial charge < -0.3 is 10.5 Å². The predicted molar refractivity (Wildman–Crippen MR) is 78.2 cm³/mol. The van der Waals surface area contributed by atoms with Crippen molar-refractivity contribution >= 4 is 0 Å². The number of rotatable bonds is 1. The van der Waals surface area contributed by atoms with Gasteiger partial charge in [0.05, 0.1) is 11.5 Å². The molecule has 0 unspecified atom stereocenters. The van der Waals surface area contributed by atoms with E-state index in [0.29, 0.717) is 5.56 Å². The lowest BCUT2D eigenvalue weighted by molar-refractivity contribution is 0.373. The normalized spacial score (nSPS) is 16.6. The molecule has 0 saturated carbocycles. The number of ether oxygens (including phenoxy) is 1. The van der Waals surface area contributed by atoms with E-state index in [1.807, 2.05) is 37.3 Å². The summed E-state index contributed by atoms with van der Waals surface area (Å²) in [5.74, 6) is -0.840. The molecule has 0 aliphatic carbocycles. The van der Waals surface area contributed by atoms with E-state index in [4.69, 9.17) is 10.5 Å². The molecule has 0 amide bonds. The number of aromatic nitrogens is 2. The molecule has 1 atom stereocenters. The van der Waals surface area contributed by atoms with Gasteiger partial charge in [-0.2, -0.15) is 5.26 Å². The molecule has 22 heavy (non-hydrogen) atoms. The number of hydrogen-bond acceptors (Lipinski definition) is 5. The van der Waals surface area contributed by atoms with Crippen molar-refractivity contribution in [3.05, 3.63) is 73.3 Å². The van der Waals surface area contributed by atoms with Gasteiger partial charge in [0.15, 0.2) is 0 Å². The summed E-state index contributed by atoms with van der Waals surface area (Å²) in [6.07, 6.45) is 0. The first-order valence-corrected chi connectivity index (χ1v) is 6.52. The van der Waals surface area contributed by atoms with E-state index < -0.39 is 17.2 Å². The highest BCUT2D eigenvalue weighted by molar-refractivity contribution is 5.52. The van der Waals surface area contributed by atoms with Crippen LogP contribution in [-0.4, -0.2) is 9.97 Å². The molecule has 1 aromatic heterocycles. The SMILES string of the molecule is Cc1ccc([C@@H]2C(C#N)=C(N)Oc3[nH]c(=O)[nH]c(=O)c32)cc1. The number of nitrogens with two attached hydrogens (primary N) is 1. The first kappa shape index (κ1) is 13.7. The van der Waals surface area contributed by atoms with E-state index in [-0.39, 0.29) is 22.9 Å². The molecular formula is C15H12N4O3. The number of H-pyrrole nitrogens is 2. The Hall–Kier alpha value is -3.27. The van der Waals surface area contributed by atoms with Crippen LogP contribution in [0.4, 0.5) is 0 Å². The number of aromatic amines is 2. The van der Waals surface area contributed by atoms with Gasteiger partial charge in [-0.25, -0.2) is 4.79 Å². The Morgan fingerprint density at radius 2 is 1.91 bits per heavy atom. The monoisotopic (exact) mass is 296 g/mol. The summed E-state index contributed by atoms with van der Waals surface area (Å²) in [5.41, 5.74) is 6.51. The van der Waals surface area contributed by atoms with Gasteiger partial charge in [0.2, 0.25) is 11.8 Å². The van der Waals surface area contributed by atoms with Crippen LogP contribution >= 0.6 is 0 Å². The molecule has 2 heterocycles. The van der Waals surface area contributed by atoms with Crippen LogP contribution in [-0.2, 0) is 0 Å². The van der Waals surface area contributed by atoms with Gasteiger partial charge in [0.1, 0.15) is 11.6 Å². The highest BCUT2D eigenvalue weighted by Gasteiger charge is 2.33. The molecule has 0 radical (unpaired) electrons. The number of allylic oxidation sites excluding steroid dienone is 1. The Kier molecular flexibility index (Phi) is 3.07. The zero-order valence-electron chi connectivity index (χ0n) is 11.6. The highest BCUT2D eigenvalue weighted by Crippen LogP contribution is 2.38. The Morgan fingerprint density at radius 1 is 1.23 bits per heavy atom. The van der Waals surface area contributed by atoms with Gasteiger partial charge in [-0.05, 0) is 12.5 Å². The van der Waals surface area contributed by atoms with Crippen molar-refractivity contribution in [1.82, 2.24) is 9.97 Å².